The molecule has 1 aliphatic heterocycles. The van der Waals surface area contributed by atoms with Gasteiger partial charge in [-0.1, -0.05) is 11.3 Å². The minimum Gasteiger partial charge on any atom is -0.479 e. The molecule has 0 radical (unpaired) electrons. The van der Waals surface area contributed by atoms with Crippen molar-refractivity contribution in [2.24, 2.45) is 4.99 Å². The third-order valence-electron chi connectivity index (χ3n) is 6.09. The van der Waals surface area contributed by atoms with E-state index in [9.17, 15) is 26.0 Å². The zero-order chi connectivity index (χ0) is 28.3. The van der Waals surface area contributed by atoms with Gasteiger partial charge in [0.15, 0.2) is 5.82 Å². The first-order chi connectivity index (χ1) is 18.3. The lowest BCUT2D eigenvalue weighted by molar-refractivity contribution is -0.0608. The van der Waals surface area contributed by atoms with E-state index >= 15 is 4.39 Å². The molecule has 0 spiro atoms. The van der Waals surface area contributed by atoms with Gasteiger partial charge in [0.1, 0.15) is 23.6 Å². The predicted molar refractivity (Wildman–Crippen MR) is 124 cm³/mol. The second kappa shape index (κ2) is 9.30. The number of fused-ring (bicyclic) bond motifs is 2. The molecule has 0 aliphatic carbocycles. The summed E-state index contributed by atoms with van der Waals surface area (Å²) in [6.07, 6.45) is -2.88. The van der Waals surface area contributed by atoms with Crippen LogP contribution in [0.1, 0.15) is 7.79 Å². The van der Waals surface area contributed by atoms with E-state index < -0.39 is 59.1 Å². The lowest BCUT2D eigenvalue weighted by Crippen LogP contribution is -2.53. The molecule has 17 heteroatoms. The van der Waals surface area contributed by atoms with Crippen LogP contribution in [0.2, 0.25) is 0 Å². The van der Waals surface area contributed by atoms with Gasteiger partial charge in [-0.05, 0) is 24.1 Å². The summed E-state index contributed by atoms with van der Waals surface area (Å²) in [6, 6.07) is 2.63. The summed E-state index contributed by atoms with van der Waals surface area (Å²) < 4.78 is 110. The van der Waals surface area contributed by atoms with Crippen molar-refractivity contribution >= 4 is 26.6 Å². The Labute approximate surface area is 213 Å². The van der Waals surface area contributed by atoms with Gasteiger partial charge in [-0.2, -0.15) is 9.29 Å². The Hall–Kier alpha value is -3.60. The summed E-state index contributed by atoms with van der Waals surface area (Å²) >= 11 is 0. The summed E-state index contributed by atoms with van der Waals surface area (Å²) in [5, 5.41) is 10.0. The van der Waals surface area contributed by atoms with Crippen LogP contribution < -0.4 is 10.4 Å². The smallest absolute Gasteiger partial charge is 0.283 e. The van der Waals surface area contributed by atoms with Crippen molar-refractivity contribution in [3.8, 4) is 17.0 Å². The molecule has 5 rings (SSSR count). The zero-order valence-corrected chi connectivity index (χ0v) is 20.7. The van der Waals surface area contributed by atoms with Crippen LogP contribution in [-0.2, 0) is 16.6 Å². The Morgan fingerprint density at radius 2 is 2.13 bits per heavy atom. The Bertz CT molecular complexity index is 1750. The highest BCUT2D eigenvalue weighted by molar-refractivity contribution is 7.88. The molecule has 4 heterocycles. The van der Waals surface area contributed by atoms with Gasteiger partial charge in [0.05, 0.1) is 38.5 Å². The maximum atomic E-state index is 15.4. The number of benzene rings is 1. The number of hydrogen-bond donors (Lipinski definition) is 1. The van der Waals surface area contributed by atoms with Gasteiger partial charge in [-0.15, -0.1) is 5.10 Å². The molecule has 4 aromatic rings. The molecule has 3 aromatic heterocycles. The number of halogens is 5. The van der Waals surface area contributed by atoms with E-state index in [4.69, 9.17) is 6.11 Å². The molecule has 204 valence electrons. The highest BCUT2D eigenvalue weighted by atomic mass is 32.2. The highest BCUT2D eigenvalue weighted by Gasteiger charge is 2.47. The summed E-state index contributed by atoms with van der Waals surface area (Å²) in [7, 11) is -2.63. The molecule has 1 fully saturated rings. The van der Waals surface area contributed by atoms with E-state index in [2.05, 4.69) is 25.4 Å². The predicted octanol–water partition coefficient (Wildman–Crippen LogP) is 2.06. The first-order valence-electron chi connectivity index (χ1n) is 11.6. The molecule has 1 aliphatic rings. The van der Waals surface area contributed by atoms with Crippen molar-refractivity contribution in [1.82, 2.24) is 33.9 Å². The number of nitrogens with zero attached hydrogens (tertiary/aromatic N) is 7. The van der Waals surface area contributed by atoms with Crippen LogP contribution in [0, 0.1) is 5.82 Å². The number of ether oxygens (including phenoxy) is 1. The van der Waals surface area contributed by atoms with Crippen molar-refractivity contribution in [2.75, 3.05) is 26.5 Å². The van der Waals surface area contributed by atoms with E-state index in [1.54, 1.807) is 0 Å². The molecule has 0 saturated carbocycles. The number of alkyl halides is 4. The molecule has 38 heavy (non-hydrogen) atoms. The van der Waals surface area contributed by atoms with Crippen LogP contribution in [0.4, 0.5) is 22.0 Å². The van der Waals surface area contributed by atoms with Crippen molar-refractivity contribution in [3.63, 3.8) is 0 Å². The molecule has 0 amide bonds. The van der Waals surface area contributed by atoms with Crippen molar-refractivity contribution in [2.45, 2.75) is 31.4 Å². The topological polar surface area (TPSA) is 123 Å². The molecule has 1 N–H and O–H groups in total. The van der Waals surface area contributed by atoms with Gasteiger partial charge < -0.3 is 4.74 Å². The number of hydrogen-bond acceptors (Lipinski definition) is 7. The van der Waals surface area contributed by atoms with E-state index in [-0.39, 0.29) is 46.5 Å². The number of piperidine rings is 1. The average molecular weight is 562 g/mol. The number of aromatic nitrogens is 6. The van der Waals surface area contributed by atoms with Crippen LogP contribution in [0.5, 0.6) is 5.88 Å². The van der Waals surface area contributed by atoms with Crippen molar-refractivity contribution < 1.29 is 36.5 Å². The van der Waals surface area contributed by atoms with Crippen LogP contribution in [0.25, 0.3) is 27.7 Å². The van der Waals surface area contributed by atoms with Crippen LogP contribution in [0.3, 0.4) is 0 Å². The van der Waals surface area contributed by atoms with E-state index in [0.717, 1.165) is 15.5 Å². The largest absolute Gasteiger partial charge is 0.479 e. The fourth-order valence-corrected chi connectivity index (χ4v) is 5.17. The maximum absolute atomic E-state index is 15.4. The van der Waals surface area contributed by atoms with E-state index in [0.29, 0.717) is 4.31 Å². The van der Waals surface area contributed by atoms with E-state index in [1.165, 1.54) is 25.3 Å². The molecular weight excluding hydrogens is 539 g/mol. The van der Waals surface area contributed by atoms with Crippen LogP contribution in [-0.4, -0.2) is 87.2 Å². The molecule has 1 aromatic carbocycles. The minimum atomic E-state index is -3.83. The Morgan fingerprint density at radius 1 is 1.37 bits per heavy atom. The summed E-state index contributed by atoms with van der Waals surface area (Å²) in [5.41, 5.74) is 0.0296. The molecule has 1 atom stereocenters. The van der Waals surface area contributed by atoms with Gasteiger partial charge in [0.2, 0.25) is 21.5 Å². The normalized spacial score (nSPS) is 19.5. The summed E-state index contributed by atoms with van der Waals surface area (Å²) in [4.78, 5) is 8.02. The van der Waals surface area contributed by atoms with Gasteiger partial charge in [-0.3, -0.25) is 9.61 Å². The molecule has 1 saturated heterocycles. The van der Waals surface area contributed by atoms with Crippen LogP contribution in [0.15, 0.2) is 29.4 Å². The summed E-state index contributed by atoms with van der Waals surface area (Å²) in [6.45, 7) is -1.99. The zero-order valence-electron chi connectivity index (χ0n) is 20.9. The third kappa shape index (κ3) is 4.70. The SMILES string of the molecule is [2H]c1c(F)c(-c2ccc3nnn(CC(F)F)c3c2)c2c(OC)nc(=NC3CCN(S(C)(=O)=O)CC3(F)F)[nH]n12. The first kappa shape index (κ1) is 24.7. The monoisotopic (exact) mass is 561 g/mol. The van der Waals surface area contributed by atoms with Crippen LogP contribution >= 0.6 is 0 Å². The Balaban J connectivity index is 1.63. The fraction of sp³-hybridized carbons (Fsp3) is 0.429. The van der Waals surface area contributed by atoms with Gasteiger partial charge in [0.25, 0.3) is 12.3 Å². The standard InChI is InChI=1S/C21H21F5N8O3S/c1-37-19-18-17(11-3-4-13-14(7-11)33(31-29-13)9-16(23)24)12(22)8-34(18)30-20(28-19)27-15-5-6-32(38(2,35)36)10-21(15,25)26/h3-4,7-8,15-16H,5-6,9-10H2,1-2H3,(H,27,30)/i8D. The fourth-order valence-electron chi connectivity index (χ4n) is 4.32. The van der Waals surface area contributed by atoms with Crippen molar-refractivity contribution in [3.05, 3.63) is 35.8 Å². The maximum Gasteiger partial charge on any atom is 0.283 e. The average Bonchev–Trinajstić information content (AvgIpc) is 3.36. The quantitative estimate of drug-likeness (QED) is 0.360. The number of aromatic amines is 1. The Kier molecular flexibility index (Phi) is 6.05. The van der Waals surface area contributed by atoms with Gasteiger partial charge in [0, 0.05) is 6.54 Å². The number of rotatable bonds is 6. The lowest BCUT2D eigenvalue weighted by Gasteiger charge is -2.34. The molecular formula is C21H21F5N8O3S. The van der Waals surface area contributed by atoms with Gasteiger partial charge in [-0.25, -0.2) is 40.0 Å². The molecule has 11 nitrogen and oxygen atoms in total. The van der Waals surface area contributed by atoms with Gasteiger partial charge >= 0.3 is 0 Å². The number of nitrogens with one attached hydrogen (secondary N) is 1. The molecule has 0 bridgehead atoms. The molecule has 1 unspecified atom stereocenters. The highest BCUT2D eigenvalue weighted by Crippen LogP contribution is 2.34. The summed E-state index contributed by atoms with van der Waals surface area (Å²) in [5.74, 6) is -4.81. The second-order valence-electron chi connectivity index (χ2n) is 8.70. The number of H-pyrrole nitrogens is 1. The van der Waals surface area contributed by atoms with Crippen molar-refractivity contribution in [1.29, 1.82) is 0 Å². The lowest BCUT2D eigenvalue weighted by atomic mass is 10.0. The third-order valence-corrected chi connectivity index (χ3v) is 7.34. The number of methoxy groups -OCH3 is 1. The minimum absolute atomic E-state index is 0.0650. The van der Waals surface area contributed by atoms with E-state index in [1.807, 2.05) is 0 Å². The number of sulfonamides is 1. The second-order valence-corrected chi connectivity index (χ2v) is 10.7. The Morgan fingerprint density at radius 3 is 2.79 bits per heavy atom. The first-order valence-corrected chi connectivity index (χ1v) is 13.0.